The van der Waals surface area contributed by atoms with Crippen LogP contribution in [-0.2, 0) is 6.42 Å². The first-order valence-electron chi connectivity index (χ1n) is 7.22. The third-order valence-electron chi connectivity index (χ3n) is 3.69. The molecule has 1 aliphatic carbocycles. The quantitative estimate of drug-likeness (QED) is 0.812. The highest BCUT2D eigenvalue weighted by Crippen LogP contribution is 2.27. The SMILES string of the molecule is CCNCC(O)Cc1ccn(C2CCCCC2)n1. The highest BCUT2D eigenvalue weighted by molar-refractivity contribution is 5.01. The minimum absolute atomic E-state index is 0.334. The summed E-state index contributed by atoms with van der Waals surface area (Å²) in [6.07, 6.45) is 8.90. The van der Waals surface area contributed by atoms with E-state index in [0.29, 0.717) is 19.0 Å². The Labute approximate surface area is 109 Å². The van der Waals surface area contributed by atoms with Gasteiger partial charge in [-0.05, 0) is 25.5 Å². The Balaban J connectivity index is 1.85. The number of nitrogens with one attached hydrogen (secondary N) is 1. The van der Waals surface area contributed by atoms with Crippen LogP contribution in [0.1, 0.15) is 50.8 Å². The maximum Gasteiger partial charge on any atom is 0.0720 e. The second-order valence-electron chi connectivity index (χ2n) is 5.24. The van der Waals surface area contributed by atoms with Crippen molar-refractivity contribution in [1.82, 2.24) is 15.1 Å². The number of aliphatic hydroxyl groups is 1. The van der Waals surface area contributed by atoms with E-state index in [1.165, 1.54) is 32.1 Å². The van der Waals surface area contributed by atoms with E-state index >= 15 is 0 Å². The molecule has 0 saturated heterocycles. The normalized spacial score (nSPS) is 19.0. The third kappa shape index (κ3) is 3.82. The number of hydrogen-bond donors (Lipinski definition) is 2. The smallest absolute Gasteiger partial charge is 0.0720 e. The van der Waals surface area contributed by atoms with Crippen molar-refractivity contribution in [3.63, 3.8) is 0 Å². The van der Waals surface area contributed by atoms with Crippen LogP contribution in [-0.4, -0.2) is 34.1 Å². The molecule has 1 atom stereocenters. The zero-order chi connectivity index (χ0) is 12.8. The molecular weight excluding hydrogens is 226 g/mol. The molecule has 4 heteroatoms. The largest absolute Gasteiger partial charge is 0.391 e. The fourth-order valence-corrected chi connectivity index (χ4v) is 2.66. The molecule has 18 heavy (non-hydrogen) atoms. The summed E-state index contributed by atoms with van der Waals surface area (Å²) < 4.78 is 2.11. The number of rotatable bonds is 6. The van der Waals surface area contributed by atoms with Gasteiger partial charge in [-0.2, -0.15) is 5.10 Å². The lowest BCUT2D eigenvalue weighted by Gasteiger charge is -2.21. The highest BCUT2D eigenvalue weighted by atomic mass is 16.3. The average Bonchev–Trinajstić information content (AvgIpc) is 2.86. The van der Waals surface area contributed by atoms with E-state index in [1.54, 1.807) is 0 Å². The molecule has 1 unspecified atom stereocenters. The van der Waals surface area contributed by atoms with E-state index < -0.39 is 0 Å². The van der Waals surface area contributed by atoms with Crippen LogP contribution in [0.25, 0.3) is 0 Å². The summed E-state index contributed by atoms with van der Waals surface area (Å²) in [4.78, 5) is 0. The zero-order valence-electron chi connectivity index (χ0n) is 11.3. The minimum atomic E-state index is -0.334. The number of aliphatic hydroxyl groups excluding tert-OH is 1. The van der Waals surface area contributed by atoms with Crippen LogP contribution in [0.3, 0.4) is 0 Å². The molecule has 0 bridgehead atoms. The van der Waals surface area contributed by atoms with E-state index in [9.17, 15) is 5.11 Å². The monoisotopic (exact) mass is 251 g/mol. The first kappa shape index (κ1) is 13.6. The first-order chi connectivity index (χ1) is 8.79. The molecule has 0 aliphatic heterocycles. The van der Waals surface area contributed by atoms with Crippen molar-refractivity contribution < 1.29 is 5.11 Å². The summed E-state index contributed by atoms with van der Waals surface area (Å²) in [5, 5.41) is 17.6. The van der Waals surface area contributed by atoms with Crippen molar-refractivity contribution in [2.75, 3.05) is 13.1 Å². The number of nitrogens with zero attached hydrogens (tertiary/aromatic N) is 2. The number of likely N-dealkylation sites (N-methyl/N-ethyl adjacent to an activating group) is 1. The van der Waals surface area contributed by atoms with Gasteiger partial charge in [-0.15, -0.1) is 0 Å². The van der Waals surface area contributed by atoms with Gasteiger partial charge in [0, 0.05) is 19.2 Å². The topological polar surface area (TPSA) is 50.1 Å². The van der Waals surface area contributed by atoms with Crippen molar-refractivity contribution in [3.05, 3.63) is 18.0 Å². The molecule has 1 aromatic heterocycles. The molecule has 0 radical (unpaired) electrons. The molecule has 2 rings (SSSR count). The molecule has 102 valence electrons. The lowest BCUT2D eigenvalue weighted by atomic mass is 9.96. The van der Waals surface area contributed by atoms with E-state index in [4.69, 9.17) is 0 Å². The number of aromatic nitrogens is 2. The van der Waals surface area contributed by atoms with Crippen LogP contribution in [0, 0.1) is 0 Å². The molecule has 1 aromatic rings. The lowest BCUT2D eigenvalue weighted by Crippen LogP contribution is -2.28. The standard InChI is InChI=1S/C14H25N3O/c1-2-15-11-14(18)10-12-8-9-17(16-12)13-6-4-3-5-7-13/h8-9,13-15,18H,2-7,10-11H2,1H3. The highest BCUT2D eigenvalue weighted by Gasteiger charge is 2.16. The molecule has 1 fully saturated rings. The fraction of sp³-hybridized carbons (Fsp3) is 0.786. The Kier molecular flexibility index (Phi) is 5.20. The summed E-state index contributed by atoms with van der Waals surface area (Å²) in [6, 6.07) is 2.63. The van der Waals surface area contributed by atoms with Crippen LogP contribution >= 0.6 is 0 Å². The molecule has 1 heterocycles. The summed E-state index contributed by atoms with van der Waals surface area (Å²) in [5.41, 5.74) is 1.01. The third-order valence-corrected chi connectivity index (χ3v) is 3.69. The number of hydrogen-bond acceptors (Lipinski definition) is 3. The maximum atomic E-state index is 9.84. The molecule has 4 nitrogen and oxygen atoms in total. The van der Waals surface area contributed by atoms with E-state index in [0.717, 1.165) is 12.2 Å². The van der Waals surface area contributed by atoms with Gasteiger partial charge in [0.2, 0.25) is 0 Å². The zero-order valence-corrected chi connectivity index (χ0v) is 11.3. The molecular formula is C14H25N3O. The van der Waals surface area contributed by atoms with Crippen molar-refractivity contribution in [3.8, 4) is 0 Å². The van der Waals surface area contributed by atoms with Crippen LogP contribution < -0.4 is 5.32 Å². The summed E-state index contributed by atoms with van der Waals surface area (Å²) >= 11 is 0. The van der Waals surface area contributed by atoms with Gasteiger partial charge in [0.05, 0.1) is 17.8 Å². The molecule has 0 spiro atoms. The predicted molar refractivity (Wildman–Crippen MR) is 72.6 cm³/mol. The predicted octanol–water partition coefficient (Wildman–Crippen LogP) is 1.90. The van der Waals surface area contributed by atoms with Crippen molar-refractivity contribution >= 4 is 0 Å². The van der Waals surface area contributed by atoms with Crippen molar-refractivity contribution in [2.24, 2.45) is 0 Å². The molecule has 2 N–H and O–H groups in total. The molecule has 0 amide bonds. The van der Waals surface area contributed by atoms with E-state index in [-0.39, 0.29) is 6.10 Å². The van der Waals surface area contributed by atoms with Crippen LogP contribution in [0.2, 0.25) is 0 Å². The van der Waals surface area contributed by atoms with Gasteiger partial charge in [-0.3, -0.25) is 4.68 Å². The Morgan fingerprint density at radius 1 is 1.44 bits per heavy atom. The second-order valence-corrected chi connectivity index (χ2v) is 5.24. The Morgan fingerprint density at radius 2 is 2.22 bits per heavy atom. The molecule has 0 aromatic carbocycles. The van der Waals surface area contributed by atoms with Crippen molar-refractivity contribution in [2.45, 2.75) is 57.6 Å². The summed E-state index contributed by atoms with van der Waals surface area (Å²) in [6.45, 7) is 3.59. The Morgan fingerprint density at radius 3 is 2.94 bits per heavy atom. The van der Waals surface area contributed by atoms with Crippen LogP contribution in [0.4, 0.5) is 0 Å². The minimum Gasteiger partial charge on any atom is -0.391 e. The maximum absolute atomic E-state index is 9.84. The van der Waals surface area contributed by atoms with Gasteiger partial charge in [-0.1, -0.05) is 26.2 Å². The Hall–Kier alpha value is -0.870. The molecule has 1 aliphatic rings. The van der Waals surface area contributed by atoms with Gasteiger partial charge in [-0.25, -0.2) is 0 Å². The average molecular weight is 251 g/mol. The van der Waals surface area contributed by atoms with E-state index in [2.05, 4.69) is 21.3 Å². The molecule has 1 saturated carbocycles. The lowest BCUT2D eigenvalue weighted by molar-refractivity contribution is 0.171. The van der Waals surface area contributed by atoms with Crippen LogP contribution in [0.5, 0.6) is 0 Å². The van der Waals surface area contributed by atoms with Crippen molar-refractivity contribution in [1.29, 1.82) is 0 Å². The summed E-state index contributed by atoms with van der Waals surface area (Å²) in [7, 11) is 0. The Bertz CT molecular complexity index is 345. The first-order valence-corrected chi connectivity index (χ1v) is 7.22. The van der Waals surface area contributed by atoms with Gasteiger partial charge in [0.25, 0.3) is 0 Å². The van der Waals surface area contributed by atoms with Gasteiger partial charge >= 0.3 is 0 Å². The van der Waals surface area contributed by atoms with Gasteiger partial charge in [0.1, 0.15) is 0 Å². The van der Waals surface area contributed by atoms with Gasteiger partial charge < -0.3 is 10.4 Å². The van der Waals surface area contributed by atoms with Crippen LogP contribution in [0.15, 0.2) is 12.3 Å². The second kappa shape index (κ2) is 6.90. The fourth-order valence-electron chi connectivity index (χ4n) is 2.66. The van der Waals surface area contributed by atoms with E-state index in [1.807, 2.05) is 13.0 Å². The van der Waals surface area contributed by atoms with Gasteiger partial charge in [0.15, 0.2) is 0 Å². The summed E-state index contributed by atoms with van der Waals surface area (Å²) in [5.74, 6) is 0.